The molecular formula is C19H22N6OS. The quantitative estimate of drug-likeness (QED) is 0.642. The van der Waals surface area contributed by atoms with E-state index in [1.807, 2.05) is 25.1 Å². The highest BCUT2D eigenvalue weighted by Gasteiger charge is 2.23. The number of hydrogen-bond donors (Lipinski definition) is 3. The van der Waals surface area contributed by atoms with Gasteiger partial charge in [0.1, 0.15) is 10.6 Å². The third-order valence-corrected chi connectivity index (χ3v) is 5.75. The summed E-state index contributed by atoms with van der Waals surface area (Å²) in [6, 6.07) is 5.91. The van der Waals surface area contributed by atoms with Crippen LogP contribution >= 0.6 is 11.3 Å². The van der Waals surface area contributed by atoms with Crippen molar-refractivity contribution < 1.29 is 4.79 Å². The van der Waals surface area contributed by atoms with Crippen molar-refractivity contribution in [1.82, 2.24) is 9.97 Å². The highest BCUT2D eigenvalue weighted by Crippen LogP contribution is 2.34. The first-order valence-electron chi connectivity index (χ1n) is 8.94. The molecule has 3 aromatic rings. The first kappa shape index (κ1) is 17.7. The molecule has 3 aromatic heterocycles. The lowest BCUT2D eigenvalue weighted by Gasteiger charge is -2.33. The van der Waals surface area contributed by atoms with Gasteiger partial charge in [-0.3, -0.25) is 14.8 Å². The predicted molar refractivity (Wildman–Crippen MR) is 110 cm³/mol. The number of nitrogen functional groups attached to an aromatic ring is 1. The minimum Gasteiger partial charge on any atom is -0.390 e. The topological polar surface area (TPSA) is 110 Å². The van der Waals surface area contributed by atoms with Crippen LogP contribution in [0, 0.1) is 6.92 Å². The van der Waals surface area contributed by atoms with Crippen molar-refractivity contribution in [3.8, 4) is 0 Å². The smallest absolute Gasteiger partial charge is 0.260 e. The molecule has 27 heavy (non-hydrogen) atoms. The van der Waals surface area contributed by atoms with Gasteiger partial charge in [-0.05, 0) is 38.0 Å². The molecule has 0 radical (unpaired) electrons. The Bertz CT molecular complexity index is 1000. The molecule has 1 aliphatic heterocycles. The molecule has 5 N–H and O–H groups in total. The molecule has 1 fully saturated rings. The average Bonchev–Trinajstić information content (AvgIpc) is 2.97. The van der Waals surface area contributed by atoms with Gasteiger partial charge in [0.25, 0.3) is 5.91 Å². The molecular weight excluding hydrogens is 360 g/mol. The van der Waals surface area contributed by atoms with E-state index in [1.54, 1.807) is 12.4 Å². The van der Waals surface area contributed by atoms with Gasteiger partial charge in [-0.15, -0.1) is 11.3 Å². The number of carbonyl (C=O) groups is 1. The van der Waals surface area contributed by atoms with Crippen LogP contribution in [0.5, 0.6) is 0 Å². The van der Waals surface area contributed by atoms with Gasteiger partial charge in [0.2, 0.25) is 0 Å². The Labute approximate surface area is 161 Å². The number of piperidine rings is 1. The van der Waals surface area contributed by atoms with E-state index in [4.69, 9.17) is 11.5 Å². The van der Waals surface area contributed by atoms with Gasteiger partial charge in [0, 0.05) is 31.0 Å². The summed E-state index contributed by atoms with van der Waals surface area (Å²) in [4.78, 5) is 23.9. The van der Waals surface area contributed by atoms with E-state index < -0.39 is 0 Å². The van der Waals surface area contributed by atoms with Crippen LogP contribution in [0.1, 0.15) is 28.9 Å². The van der Waals surface area contributed by atoms with Crippen molar-refractivity contribution in [2.75, 3.05) is 29.0 Å². The van der Waals surface area contributed by atoms with Crippen LogP contribution in [-0.2, 0) is 0 Å². The Balaban J connectivity index is 1.66. The van der Waals surface area contributed by atoms with Crippen molar-refractivity contribution in [3.63, 3.8) is 0 Å². The number of anilines is 3. The second kappa shape index (κ2) is 7.13. The van der Waals surface area contributed by atoms with Crippen LogP contribution in [0.4, 0.5) is 16.4 Å². The van der Waals surface area contributed by atoms with Crippen LogP contribution in [0.15, 0.2) is 30.6 Å². The van der Waals surface area contributed by atoms with Crippen LogP contribution in [-0.4, -0.2) is 35.0 Å². The van der Waals surface area contributed by atoms with E-state index in [2.05, 4.69) is 20.2 Å². The zero-order valence-corrected chi connectivity index (χ0v) is 15.9. The number of fused-ring (bicyclic) bond motifs is 1. The summed E-state index contributed by atoms with van der Waals surface area (Å²) in [6.07, 6.45) is 5.44. The Morgan fingerprint density at radius 2 is 2.22 bits per heavy atom. The molecule has 1 aliphatic rings. The normalized spacial score (nSPS) is 17.3. The summed E-state index contributed by atoms with van der Waals surface area (Å²) < 4.78 is 0.900. The van der Waals surface area contributed by atoms with E-state index in [0.29, 0.717) is 21.8 Å². The molecule has 7 nitrogen and oxygen atoms in total. The minimum atomic E-state index is -0.271. The number of nitrogens with zero attached hydrogens (tertiary/aromatic N) is 3. The fraction of sp³-hybridized carbons (Fsp3) is 0.316. The summed E-state index contributed by atoms with van der Waals surface area (Å²) in [5.74, 6) is -0.271. The molecule has 1 amide bonds. The number of carbonyl (C=O) groups excluding carboxylic acids is 1. The maximum Gasteiger partial charge on any atom is 0.260 e. The average molecular weight is 382 g/mol. The van der Waals surface area contributed by atoms with Crippen molar-refractivity contribution in [3.05, 3.63) is 41.9 Å². The Hall–Kier alpha value is -2.71. The number of thiophene rings is 1. The standard InChI is InChI=1S/C19H22N6OS/c1-11-4-5-15-17(23-11)16(18(21)27-15)19(26)24-13-9-22-7-6-14(13)25-8-2-3-12(20)10-25/h4-7,9,12H,2-3,8,10,20-21H2,1H3,(H,24,26)/t12-/m0/s1. The number of hydrogen-bond acceptors (Lipinski definition) is 7. The number of aryl methyl sites for hydroxylation is 1. The molecule has 0 spiro atoms. The van der Waals surface area contributed by atoms with Crippen LogP contribution in [0.25, 0.3) is 10.2 Å². The number of amides is 1. The molecule has 0 saturated carbocycles. The Kier molecular flexibility index (Phi) is 4.67. The van der Waals surface area contributed by atoms with Gasteiger partial charge in [0.05, 0.1) is 27.8 Å². The third kappa shape index (κ3) is 3.45. The highest BCUT2D eigenvalue weighted by atomic mass is 32.1. The van der Waals surface area contributed by atoms with E-state index in [9.17, 15) is 4.79 Å². The van der Waals surface area contributed by atoms with Crippen LogP contribution in [0.2, 0.25) is 0 Å². The molecule has 0 unspecified atom stereocenters. The minimum absolute atomic E-state index is 0.138. The lowest BCUT2D eigenvalue weighted by molar-refractivity contribution is 0.102. The van der Waals surface area contributed by atoms with E-state index in [-0.39, 0.29) is 11.9 Å². The molecule has 8 heteroatoms. The van der Waals surface area contributed by atoms with Gasteiger partial charge in [-0.2, -0.15) is 0 Å². The second-order valence-electron chi connectivity index (χ2n) is 6.84. The molecule has 0 aliphatic carbocycles. The van der Waals surface area contributed by atoms with Crippen molar-refractivity contribution in [2.45, 2.75) is 25.8 Å². The van der Waals surface area contributed by atoms with Crippen molar-refractivity contribution >= 4 is 43.8 Å². The molecule has 4 heterocycles. The fourth-order valence-electron chi connectivity index (χ4n) is 3.48. The first-order chi connectivity index (χ1) is 13.0. The molecule has 140 valence electrons. The van der Waals surface area contributed by atoms with Gasteiger partial charge in [0.15, 0.2) is 0 Å². The first-order valence-corrected chi connectivity index (χ1v) is 9.76. The van der Waals surface area contributed by atoms with E-state index in [0.717, 1.165) is 42.0 Å². The van der Waals surface area contributed by atoms with Gasteiger partial charge < -0.3 is 21.7 Å². The SMILES string of the molecule is Cc1ccc2sc(N)c(C(=O)Nc3cnccc3N3CCC[C@H](N)C3)c2n1. The lowest BCUT2D eigenvalue weighted by atomic mass is 10.1. The number of pyridine rings is 2. The molecule has 1 atom stereocenters. The lowest BCUT2D eigenvalue weighted by Crippen LogP contribution is -2.43. The Morgan fingerprint density at radius 3 is 3.04 bits per heavy atom. The molecule has 1 saturated heterocycles. The molecule has 0 bridgehead atoms. The maximum absolute atomic E-state index is 13.0. The number of rotatable bonds is 3. The van der Waals surface area contributed by atoms with Gasteiger partial charge in [-0.1, -0.05) is 0 Å². The van der Waals surface area contributed by atoms with Crippen LogP contribution in [0.3, 0.4) is 0 Å². The van der Waals surface area contributed by atoms with Gasteiger partial charge >= 0.3 is 0 Å². The van der Waals surface area contributed by atoms with Gasteiger partial charge in [-0.25, -0.2) is 0 Å². The summed E-state index contributed by atoms with van der Waals surface area (Å²) >= 11 is 1.37. The van der Waals surface area contributed by atoms with E-state index in [1.165, 1.54) is 11.3 Å². The second-order valence-corrected chi connectivity index (χ2v) is 7.92. The fourth-order valence-corrected chi connectivity index (χ4v) is 4.39. The van der Waals surface area contributed by atoms with Crippen LogP contribution < -0.4 is 21.7 Å². The predicted octanol–water partition coefficient (Wildman–Crippen LogP) is 2.76. The zero-order chi connectivity index (χ0) is 19.0. The Morgan fingerprint density at radius 1 is 1.37 bits per heavy atom. The molecule has 4 rings (SSSR count). The highest BCUT2D eigenvalue weighted by molar-refractivity contribution is 7.23. The number of nitrogens with two attached hydrogens (primary N) is 2. The summed E-state index contributed by atoms with van der Waals surface area (Å²) in [7, 11) is 0. The largest absolute Gasteiger partial charge is 0.390 e. The number of nitrogens with one attached hydrogen (secondary N) is 1. The third-order valence-electron chi connectivity index (χ3n) is 4.77. The summed E-state index contributed by atoms with van der Waals surface area (Å²) in [5.41, 5.74) is 15.7. The molecule has 0 aromatic carbocycles. The monoisotopic (exact) mass is 382 g/mol. The van der Waals surface area contributed by atoms with E-state index >= 15 is 0 Å². The maximum atomic E-state index is 13.0. The number of aromatic nitrogens is 2. The summed E-state index contributed by atoms with van der Waals surface area (Å²) in [6.45, 7) is 3.57. The van der Waals surface area contributed by atoms with Crippen molar-refractivity contribution in [1.29, 1.82) is 0 Å². The van der Waals surface area contributed by atoms with Crippen molar-refractivity contribution in [2.24, 2.45) is 5.73 Å². The summed E-state index contributed by atoms with van der Waals surface area (Å²) in [5, 5.41) is 3.44. The zero-order valence-electron chi connectivity index (χ0n) is 15.1.